The van der Waals surface area contributed by atoms with E-state index in [1.807, 2.05) is 12.1 Å². The molecule has 0 fully saturated rings. The molecule has 22 aromatic rings. The van der Waals surface area contributed by atoms with Crippen molar-refractivity contribution in [2.24, 2.45) is 0 Å². The highest BCUT2D eigenvalue weighted by Gasteiger charge is 2.48. The van der Waals surface area contributed by atoms with Gasteiger partial charge < -0.3 is 19.4 Å². The van der Waals surface area contributed by atoms with Crippen LogP contribution in [0.25, 0.3) is 122 Å². The second-order valence-electron chi connectivity index (χ2n) is 32.7. The van der Waals surface area contributed by atoms with Crippen molar-refractivity contribution in [1.82, 2.24) is 9.13 Å². The Kier molecular flexibility index (Phi) is 20.2. The highest BCUT2D eigenvalue weighted by atomic mass is 35.5. The number of nitrogens with zero attached hydrogens (tertiary/aromatic N) is 3. The summed E-state index contributed by atoms with van der Waals surface area (Å²) in [5.74, 6) is 0. The number of para-hydroxylation sites is 4. The van der Waals surface area contributed by atoms with Crippen LogP contribution in [0.3, 0.4) is 0 Å². The van der Waals surface area contributed by atoms with Gasteiger partial charge in [-0.25, -0.2) is 0 Å². The Morgan fingerprint density at radius 3 is 0.976 bits per heavy atom. The van der Waals surface area contributed by atoms with Gasteiger partial charge in [0.1, 0.15) is 0 Å². The highest BCUT2D eigenvalue weighted by molar-refractivity contribution is 6.38. The van der Waals surface area contributed by atoms with Crippen molar-refractivity contribution in [2.45, 2.75) is 10.8 Å². The minimum absolute atomic E-state index is 0.386. The van der Waals surface area contributed by atoms with Crippen LogP contribution in [0, 0.1) is 0 Å². The molecule has 2 aromatic heterocycles. The molecule has 20 aromatic carbocycles. The van der Waals surface area contributed by atoms with Gasteiger partial charge in [-0.2, -0.15) is 0 Å². The summed E-state index contributed by atoms with van der Waals surface area (Å²) in [6, 6.07) is 184. The van der Waals surface area contributed by atoms with Crippen LogP contribution in [-0.4, -0.2) is 9.13 Å². The summed E-state index contributed by atoms with van der Waals surface area (Å²) < 4.78 is 4.73. The van der Waals surface area contributed by atoms with Gasteiger partial charge in [-0.15, -0.1) is 0 Å². The third-order valence-corrected chi connectivity index (χ3v) is 25.9. The van der Waals surface area contributed by atoms with Gasteiger partial charge in [0.05, 0.1) is 43.6 Å². The molecular formula is C122H85ClN4. The molecule has 5 heteroatoms. The predicted octanol–water partition coefficient (Wildman–Crippen LogP) is 32.5. The van der Waals surface area contributed by atoms with Gasteiger partial charge in [-0.1, -0.05) is 412 Å². The SMILES string of the molecule is Clc1cc(-c2ccccc2)cc2c1c1ccccc1n2-c1ccccc1.c1ccc(-c2ccc(N(c3ccc4c(c3)C(c3ccccc3)(c3ccccc3)c3ccccc3-4)c3cc(-c4ccccc4)cc4c3c3ccccc3n4-c3ccccc3)cc2)cc1.c1ccc(-c2ccc(Nc3ccc4c(c3)C(c3ccccc3)(c3ccccc3)c3ccccc3-4)cc2)cc1. The van der Waals surface area contributed by atoms with Crippen LogP contribution in [0.15, 0.2) is 510 Å². The van der Waals surface area contributed by atoms with Gasteiger partial charge >= 0.3 is 0 Å². The Morgan fingerprint density at radius 1 is 0.213 bits per heavy atom. The van der Waals surface area contributed by atoms with Crippen molar-refractivity contribution in [3.05, 3.63) is 559 Å². The van der Waals surface area contributed by atoms with Gasteiger partial charge in [0.2, 0.25) is 0 Å². The third kappa shape index (κ3) is 13.7. The van der Waals surface area contributed by atoms with Gasteiger partial charge in [0.15, 0.2) is 0 Å². The van der Waals surface area contributed by atoms with Crippen LogP contribution >= 0.6 is 11.6 Å². The van der Waals surface area contributed by atoms with Gasteiger partial charge in [-0.05, 0) is 220 Å². The molecule has 0 unspecified atom stereocenters. The van der Waals surface area contributed by atoms with E-state index in [9.17, 15) is 0 Å². The zero-order valence-electron chi connectivity index (χ0n) is 69.7. The van der Waals surface area contributed by atoms with Crippen LogP contribution in [0.1, 0.15) is 44.5 Å². The summed E-state index contributed by atoms with van der Waals surface area (Å²) in [6.07, 6.45) is 0. The Bertz CT molecular complexity index is 7640. The van der Waals surface area contributed by atoms with E-state index in [4.69, 9.17) is 11.6 Å². The quantitative estimate of drug-likeness (QED) is 0.111. The molecule has 0 radical (unpaired) electrons. The van der Waals surface area contributed by atoms with E-state index in [-0.39, 0.29) is 5.41 Å². The maximum absolute atomic E-state index is 6.78. The fourth-order valence-corrected chi connectivity index (χ4v) is 20.4. The summed E-state index contributed by atoms with van der Waals surface area (Å²) >= 11 is 6.78. The molecule has 0 saturated heterocycles. The summed E-state index contributed by atoms with van der Waals surface area (Å²) in [4.78, 5) is 2.51. The van der Waals surface area contributed by atoms with Crippen LogP contribution in [0.5, 0.6) is 0 Å². The molecule has 0 bridgehead atoms. The second kappa shape index (κ2) is 33.3. The van der Waals surface area contributed by atoms with Crippen LogP contribution in [0.2, 0.25) is 5.02 Å². The monoisotopic (exact) mass is 1640 g/mol. The second-order valence-corrected chi connectivity index (χ2v) is 33.1. The van der Waals surface area contributed by atoms with Crippen molar-refractivity contribution in [2.75, 3.05) is 10.2 Å². The molecule has 0 atom stereocenters. The number of aromatic nitrogens is 2. The molecule has 1 N–H and O–H groups in total. The Morgan fingerprint density at radius 2 is 0.528 bits per heavy atom. The summed E-state index contributed by atoms with van der Waals surface area (Å²) in [5.41, 5.74) is 36.2. The molecule has 2 aliphatic rings. The lowest BCUT2D eigenvalue weighted by atomic mass is 9.67. The van der Waals surface area contributed by atoms with Crippen molar-refractivity contribution < 1.29 is 0 Å². The van der Waals surface area contributed by atoms with E-state index >= 15 is 0 Å². The summed E-state index contributed by atoms with van der Waals surface area (Å²) in [7, 11) is 0. The molecule has 0 saturated carbocycles. The van der Waals surface area contributed by atoms with Crippen molar-refractivity contribution in [1.29, 1.82) is 0 Å². The topological polar surface area (TPSA) is 25.1 Å². The molecule has 0 aliphatic heterocycles. The minimum Gasteiger partial charge on any atom is -0.356 e. The van der Waals surface area contributed by atoms with E-state index in [0.29, 0.717) is 0 Å². The lowest BCUT2D eigenvalue weighted by molar-refractivity contribution is 0.768. The fraction of sp³-hybridized carbons (Fsp3) is 0.0164. The molecule has 4 nitrogen and oxygen atoms in total. The van der Waals surface area contributed by atoms with Crippen molar-refractivity contribution >= 4 is 83.6 Å². The normalized spacial score (nSPS) is 12.4. The zero-order valence-corrected chi connectivity index (χ0v) is 70.5. The average molecular weight is 1640 g/mol. The molecule has 0 spiro atoms. The Balaban J connectivity index is 0.000000125. The smallest absolute Gasteiger partial charge is 0.0714 e. The van der Waals surface area contributed by atoms with Crippen LogP contribution in [0.4, 0.5) is 28.4 Å². The van der Waals surface area contributed by atoms with Gasteiger partial charge in [-0.3, -0.25) is 0 Å². The molecule has 0 amide bonds. The number of benzene rings is 20. The number of hydrogen-bond acceptors (Lipinski definition) is 2. The number of fused-ring (bicyclic) bond motifs is 12. The predicted molar refractivity (Wildman–Crippen MR) is 534 cm³/mol. The molecule has 600 valence electrons. The first-order chi connectivity index (χ1) is 62.9. The first-order valence-corrected chi connectivity index (χ1v) is 43.9. The van der Waals surface area contributed by atoms with Crippen LogP contribution < -0.4 is 10.2 Å². The summed E-state index contributed by atoms with van der Waals surface area (Å²) in [6.45, 7) is 0. The van der Waals surface area contributed by atoms with Gasteiger partial charge in [0.25, 0.3) is 0 Å². The maximum Gasteiger partial charge on any atom is 0.0714 e. The average Bonchev–Trinajstić information content (AvgIpc) is 1.59. The van der Waals surface area contributed by atoms with E-state index in [1.165, 1.54) is 127 Å². The lowest BCUT2D eigenvalue weighted by Crippen LogP contribution is -2.28. The highest BCUT2D eigenvalue weighted by Crippen LogP contribution is 2.60. The third-order valence-electron chi connectivity index (χ3n) is 25.6. The molecule has 127 heavy (non-hydrogen) atoms. The van der Waals surface area contributed by atoms with Crippen molar-refractivity contribution in [3.63, 3.8) is 0 Å². The number of nitrogens with one attached hydrogen (secondary N) is 1. The fourth-order valence-electron chi connectivity index (χ4n) is 20.1. The molecular weight excluding hydrogens is 1560 g/mol. The minimum atomic E-state index is -0.544. The number of hydrogen-bond donors (Lipinski definition) is 1. The van der Waals surface area contributed by atoms with E-state index in [2.05, 4.69) is 517 Å². The largest absolute Gasteiger partial charge is 0.356 e. The molecule has 24 rings (SSSR count). The lowest BCUT2D eigenvalue weighted by Gasteiger charge is -2.35. The Hall–Kier alpha value is -16.1. The van der Waals surface area contributed by atoms with Crippen molar-refractivity contribution in [3.8, 4) is 78.1 Å². The first-order valence-electron chi connectivity index (χ1n) is 43.5. The Labute approximate surface area is 745 Å². The number of anilines is 5. The van der Waals surface area contributed by atoms with Crippen LogP contribution in [-0.2, 0) is 10.8 Å². The van der Waals surface area contributed by atoms with E-state index < -0.39 is 5.41 Å². The summed E-state index contributed by atoms with van der Waals surface area (Å²) in [5, 5.41) is 9.14. The van der Waals surface area contributed by atoms with Gasteiger partial charge in [0, 0.05) is 55.7 Å². The zero-order chi connectivity index (χ0) is 84.6. The first kappa shape index (κ1) is 77.0. The standard InChI is InChI=1S/C61H42N2.C37H27N.C24H16ClN/c1-6-20-43(21-7-1)45-34-36-50(37-35-45)62(51-38-39-53-52-30-16-18-32-55(52)61(56(53)42-51,47-24-10-3-11-25-47)48-26-12-4-13-27-48)58-40-46(44-22-8-2-9-23-44)41-59-60(58)54-31-17-19-33-57(54)63(59)49-28-14-5-15-29-49;1-4-12-27(13-5-1)28-20-22-31(23-21-28)38-32-24-25-34-33-18-10-11-19-35(33)37(36(34)26-32,29-14-6-2-7-15-29)30-16-8-3-9-17-30;25-21-15-18(17-9-3-1-4-10-17)16-23-24(21)20-13-7-8-14-22(20)26(23)19-11-5-2-6-12-19/h1-42H;1-26,38H;1-16H. The number of halogens is 1. The van der Waals surface area contributed by atoms with E-state index in [1.54, 1.807) is 0 Å². The number of rotatable bonds is 15. The maximum atomic E-state index is 6.78. The molecule has 2 heterocycles. The molecule has 2 aliphatic carbocycles. The van der Waals surface area contributed by atoms with E-state index in [0.717, 1.165) is 72.4 Å².